The van der Waals surface area contributed by atoms with Gasteiger partial charge in [-0.25, -0.2) is 4.39 Å². The quantitative estimate of drug-likeness (QED) is 0.392. The molecular formula is C29H27FN2O2S. The first-order valence-electron chi connectivity index (χ1n) is 12.0. The number of nitrogens with zero attached hydrogens (tertiary/aromatic N) is 1. The van der Waals surface area contributed by atoms with Crippen molar-refractivity contribution in [2.24, 2.45) is 0 Å². The van der Waals surface area contributed by atoms with Crippen LogP contribution in [-0.4, -0.2) is 18.4 Å². The molecule has 1 N–H and O–H groups in total. The Morgan fingerprint density at radius 3 is 2.66 bits per heavy atom. The van der Waals surface area contributed by atoms with Gasteiger partial charge in [0.15, 0.2) is 0 Å². The second-order valence-electron chi connectivity index (χ2n) is 8.88. The van der Waals surface area contributed by atoms with Gasteiger partial charge in [0.1, 0.15) is 5.82 Å². The molecule has 3 aromatic carbocycles. The number of allylic oxidation sites excluding steroid dienone is 1. The second-order valence-corrected chi connectivity index (χ2v) is 9.96. The van der Waals surface area contributed by atoms with E-state index in [1.54, 1.807) is 41.3 Å². The first kappa shape index (κ1) is 23.4. The molecule has 0 unspecified atom stereocenters. The Labute approximate surface area is 209 Å². The van der Waals surface area contributed by atoms with Crippen molar-refractivity contribution in [3.8, 4) is 0 Å². The lowest BCUT2D eigenvalue weighted by molar-refractivity contribution is 0.0950. The second kappa shape index (κ2) is 10.5. The van der Waals surface area contributed by atoms with Crippen LogP contribution < -0.4 is 10.2 Å². The molecule has 6 heteroatoms. The molecule has 0 saturated carbocycles. The van der Waals surface area contributed by atoms with Crippen LogP contribution in [0.3, 0.4) is 0 Å². The minimum Gasteiger partial charge on any atom is -0.352 e. The van der Waals surface area contributed by atoms with E-state index in [2.05, 4.69) is 11.4 Å². The van der Waals surface area contributed by atoms with Crippen LogP contribution in [0.4, 0.5) is 10.1 Å². The molecule has 1 aliphatic carbocycles. The van der Waals surface area contributed by atoms with Gasteiger partial charge in [-0.05, 0) is 68.5 Å². The van der Waals surface area contributed by atoms with Crippen LogP contribution >= 0.6 is 11.8 Å². The van der Waals surface area contributed by atoms with E-state index in [1.807, 2.05) is 24.3 Å². The fourth-order valence-electron chi connectivity index (χ4n) is 4.59. The third-order valence-corrected chi connectivity index (χ3v) is 7.64. The number of rotatable bonds is 6. The molecule has 4 nitrogen and oxygen atoms in total. The normalized spacial score (nSPS) is 15.1. The molecule has 1 heterocycles. The summed E-state index contributed by atoms with van der Waals surface area (Å²) in [4.78, 5) is 29.9. The summed E-state index contributed by atoms with van der Waals surface area (Å²) in [6.45, 7) is 0.659. The maximum absolute atomic E-state index is 14.5. The summed E-state index contributed by atoms with van der Waals surface area (Å²) in [5.41, 5.74) is 3.50. The summed E-state index contributed by atoms with van der Waals surface area (Å²) in [5, 5.41) is 3.02. The molecular weight excluding hydrogens is 459 g/mol. The molecule has 0 spiro atoms. The van der Waals surface area contributed by atoms with Crippen molar-refractivity contribution in [2.45, 2.75) is 48.4 Å². The Morgan fingerprint density at radius 1 is 1.00 bits per heavy atom. The van der Waals surface area contributed by atoms with E-state index in [4.69, 9.17) is 0 Å². The van der Waals surface area contributed by atoms with E-state index >= 15 is 0 Å². The monoisotopic (exact) mass is 486 g/mol. The van der Waals surface area contributed by atoms with Gasteiger partial charge in [0.05, 0.1) is 17.8 Å². The molecule has 1 aliphatic heterocycles. The number of carbonyl (C=O) groups is 2. The molecule has 2 aliphatic rings. The standard InChI is InChI=1S/C29H27FN2O2S/c30-24-12-6-4-10-22(24)19-32-25-18-21(28(33)31-17-16-20-8-2-1-3-9-20)14-15-27(25)35-26-13-7-5-11-23(26)29(32)34/h4-8,10-15,18H,1-3,9,16-17,19H2,(H,31,33). The number of hydrogen-bond donors (Lipinski definition) is 1. The third-order valence-electron chi connectivity index (χ3n) is 6.50. The molecule has 0 aromatic heterocycles. The summed E-state index contributed by atoms with van der Waals surface area (Å²) in [7, 11) is 0. The van der Waals surface area contributed by atoms with Crippen LogP contribution in [0.1, 0.15) is 58.4 Å². The molecule has 0 atom stereocenters. The van der Waals surface area contributed by atoms with Crippen LogP contribution in [0.15, 0.2) is 88.2 Å². The number of hydrogen-bond acceptors (Lipinski definition) is 3. The highest BCUT2D eigenvalue weighted by Crippen LogP contribution is 2.42. The van der Waals surface area contributed by atoms with E-state index < -0.39 is 0 Å². The lowest BCUT2D eigenvalue weighted by Gasteiger charge is -2.24. The molecule has 2 amide bonds. The van der Waals surface area contributed by atoms with Crippen LogP contribution in [-0.2, 0) is 6.54 Å². The minimum absolute atomic E-state index is 0.0760. The summed E-state index contributed by atoms with van der Waals surface area (Å²) in [6.07, 6.45) is 7.85. The summed E-state index contributed by atoms with van der Waals surface area (Å²) in [5.74, 6) is -0.746. The number of halogens is 1. The van der Waals surface area contributed by atoms with E-state index in [1.165, 1.54) is 36.2 Å². The van der Waals surface area contributed by atoms with E-state index in [0.29, 0.717) is 28.9 Å². The van der Waals surface area contributed by atoms with Gasteiger partial charge in [-0.2, -0.15) is 0 Å². The maximum atomic E-state index is 14.5. The van der Waals surface area contributed by atoms with Gasteiger partial charge < -0.3 is 10.2 Å². The Bertz CT molecular complexity index is 1300. The topological polar surface area (TPSA) is 49.4 Å². The van der Waals surface area contributed by atoms with Gasteiger partial charge in [-0.15, -0.1) is 0 Å². The van der Waals surface area contributed by atoms with Crippen molar-refractivity contribution in [3.63, 3.8) is 0 Å². The zero-order valence-electron chi connectivity index (χ0n) is 19.4. The number of anilines is 1. The maximum Gasteiger partial charge on any atom is 0.259 e. The van der Waals surface area contributed by atoms with Gasteiger partial charge in [0.25, 0.3) is 11.8 Å². The van der Waals surface area contributed by atoms with Gasteiger partial charge in [0, 0.05) is 27.5 Å². The minimum atomic E-state index is -0.363. The van der Waals surface area contributed by atoms with E-state index in [0.717, 1.165) is 29.1 Å². The molecule has 0 radical (unpaired) electrons. The number of benzene rings is 3. The number of carbonyl (C=O) groups excluding carboxylic acids is 2. The predicted molar refractivity (Wildman–Crippen MR) is 137 cm³/mol. The molecule has 178 valence electrons. The molecule has 0 bridgehead atoms. The SMILES string of the molecule is O=C(NCCC1=CCCCC1)c1ccc2c(c1)N(Cc1ccccc1F)C(=O)c1ccccc1S2. The molecule has 5 rings (SSSR count). The van der Waals surface area contributed by atoms with Gasteiger partial charge in [-0.1, -0.05) is 53.7 Å². The van der Waals surface area contributed by atoms with Crippen molar-refractivity contribution in [3.05, 3.63) is 101 Å². The Morgan fingerprint density at radius 2 is 1.83 bits per heavy atom. The van der Waals surface area contributed by atoms with Gasteiger partial charge in [-0.3, -0.25) is 9.59 Å². The Kier molecular flexibility index (Phi) is 7.00. The lowest BCUT2D eigenvalue weighted by Crippen LogP contribution is -2.31. The average Bonchev–Trinajstić information content (AvgIpc) is 3.00. The fourth-order valence-corrected chi connectivity index (χ4v) is 5.64. The zero-order chi connectivity index (χ0) is 24.2. The zero-order valence-corrected chi connectivity index (χ0v) is 20.2. The van der Waals surface area contributed by atoms with Crippen molar-refractivity contribution < 1.29 is 14.0 Å². The first-order valence-corrected chi connectivity index (χ1v) is 12.8. The Balaban J connectivity index is 1.44. The van der Waals surface area contributed by atoms with Crippen molar-refractivity contribution in [1.29, 1.82) is 0 Å². The molecule has 0 saturated heterocycles. The highest BCUT2D eigenvalue weighted by atomic mass is 32.2. The number of fused-ring (bicyclic) bond motifs is 2. The first-order chi connectivity index (χ1) is 17.1. The summed E-state index contributed by atoms with van der Waals surface area (Å²) >= 11 is 1.49. The average molecular weight is 487 g/mol. The van der Waals surface area contributed by atoms with Crippen LogP contribution in [0.2, 0.25) is 0 Å². The molecule has 3 aromatic rings. The Hall–Kier alpha value is -3.38. The number of amides is 2. The lowest BCUT2D eigenvalue weighted by atomic mass is 9.97. The smallest absolute Gasteiger partial charge is 0.259 e. The van der Waals surface area contributed by atoms with Crippen molar-refractivity contribution in [2.75, 3.05) is 11.4 Å². The van der Waals surface area contributed by atoms with Crippen LogP contribution in [0.25, 0.3) is 0 Å². The highest BCUT2D eigenvalue weighted by molar-refractivity contribution is 7.99. The van der Waals surface area contributed by atoms with Gasteiger partial charge in [0.2, 0.25) is 0 Å². The van der Waals surface area contributed by atoms with Crippen LogP contribution in [0.5, 0.6) is 0 Å². The predicted octanol–water partition coefficient (Wildman–Crippen LogP) is 6.76. The molecule has 35 heavy (non-hydrogen) atoms. The van der Waals surface area contributed by atoms with Gasteiger partial charge >= 0.3 is 0 Å². The number of nitrogens with one attached hydrogen (secondary N) is 1. The van der Waals surface area contributed by atoms with E-state index in [9.17, 15) is 14.0 Å². The fraction of sp³-hybridized carbons (Fsp3) is 0.241. The van der Waals surface area contributed by atoms with E-state index in [-0.39, 0.29) is 24.2 Å². The third kappa shape index (κ3) is 5.17. The summed E-state index contributed by atoms with van der Waals surface area (Å²) < 4.78 is 14.5. The van der Waals surface area contributed by atoms with Crippen LogP contribution in [0, 0.1) is 5.82 Å². The highest BCUT2D eigenvalue weighted by Gasteiger charge is 2.28. The van der Waals surface area contributed by atoms with Crippen molar-refractivity contribution >= 4 is 29.3 Å². The largest absolute Gasteiger partial charge is 0.352 e. The van der Waals surface area contributed by atoms with Crippen molar-refractivity contribution in [1.82, 2.24) is 5.32 Å². The summed E-state index contributed by atoms with van der Waals surface area (Å²) in [6, 6.07) is 19.3. The molecule has 0 fully saturated rings.